The van der Waals surface area contributed by atoms with Crippen LogP contribution in [-0.2, 0) is 6.61 Å². The van der Waals surface area contributed by atoms with E-state index in [1.807, 2.05) is 66.7 Å². The van der Waals surface area contributed by atoms with E-state index in [1.54, 1.807) is 25.3 Å². The molecule has 0 aliphatic carbocycles. The fraction of sp³-hybridized carbons (Fsp3) is 0.0741. The maximum absolute atomic E-state index is 12.3. The van der Waals surface area contributed by atoms with Crippen molar-refractivity contribution < 1.29 is 9.47 Å². The Kier molecular flexibility index (Phi) is 6.29. The number of nitrogens with zero attached hydrogens (tertiary/aromatic N) is 2. The molecule has 34 heavy (non-hydrogen) atoms. The summed E-state index contributed by atoms with van der Waals surface area (Å²) in [5.74, 6) is 1.15. The zero-order valence-electron chi connectivity index (χ0n) is 18.3. The highest BCUT2D eigenvalue weighted by Crippen LogP contribution is 2.32. The van der Waals surface area contributed by atoms with Crippen molar-refractivity contribution in [3.63, 3.8) is 0 Å². The first-order chi connectivity index (χ1) is 16.5. The average Bonchev–Trinajstić information content (AvgIpc) is 2.87. The molecule has 7 heteroatoms. The monoisotopic (exact) mass is 448 g/mol. The highest BCUT2D eigenvalue weighted by Gasteiger charge is 2.19. The molecule has 3 aromatic carbocycles. The Morgan fingerprint density at radius 1 is 0.882 bits per heavy atom. The number of nitrogens with two attached hydrogens (primary N) is 1. The molecular weight excluding hydrogens is 428 g/mol. The summed E-state index contributed by atoms with van der Waals surface area (Å²) in [6.45, 7) is 0.171. The molecule has 0 saturated heterocycles. The highest BCUT2D eigenvalue weighted by atomic mass is 16.5. The van der Waals surface area contributed by atoms with E-state index in [-0.39, 0.29) is 29.1 Å². The second-order valence-electron chi connectivity index (χ2n) is 7.42. The van der Waals surface area contributed by atoms with Gasteiger partial charge < -0.3 is 20.2 Å². The van der Waals surface area contributed by atoms with Crippen molar-refractivity contribution in [1.29, 1.82) is 10.5 Å². The Labute approximate surface area is 196 Å². The molecule has 0 fully saturated rings. The molecule has 1 heterocycles. The summed E-state index contributed by atoms with van der Waals surface area (Å²) in [6.07, 6.45) is 0. The minimum atomic E-state index is -0.652. The van der Waals surface area contributed by atoms with E-state index < -0.39 is 5.56 Å². The molecule has 0 aliphatic rings. The van der Waals surface area contributed by atoms with Crippen molar-refractivity contribution in [3.8, 4) is 45.9 Å². The largest absolute Gasteiger partial charge is 0.496 e. The number of nitrogens with one attached hydrogen (secondary N) is 1. The van der Waals surface area contributed by atoms with Crippen LogP contribution in [0.5, 0.6) is 11.5 Å². The summed E-state index contributed by atoms with van der Waals surface area (Å²) in [5.41, 5.74) is 8.58. The number of hydrogen-bond donors (Lipinski definition) is 2. The number of nitrogen functional groups attached to an aromatic ring is 1. The summed E-state index contributed by atoms with van der Waals surface area (Å²) in [5, 5.41) is 19.1. The predicted molar refractivity (Wildman–Crippen MR) is 129 cm³/mol. The van der Waals surface area contributed by atoms with Crippen molar-refractivity contribution >= 4 is 5.82 Å². The van der Waals surface area contributed by atoms with Gasteiger partial charge in [0, 0.05) is 11.1 Å². The van der Waals surface area contributed by atoms with Crippen LogP contribution in [0.15, 0.2) is 77.6 Å². The van der Waals surface area contributed by atoms with Crippen LogP contribution in [0.3, 0.4) is 0 Å². The van der Waals surface area contributed by atoms with Crippen LogP contribution >= 0.6 is 0 Å². The van der Waals surface area contributed by atoms with Gasteiger partial charge in [0.1, 0.15) is 47.2 Å². The molecule has 0 bridgehead atoms. The highest BCUT2D eigenvalue weighted by molar-refractivity contribution is 5.80. The van der Waals surface area contributed by atoms with Crippen molar-refractivity contribution in [2.45, 2.75) is 6.61 Å². The van der Waals surface area contributed by atoms with Crippen molar-refractivity contribution in [3.05, 3.63) is 99.8 Å². The molecule has 0 amide bonds. The molecule has 4 aromatic rings. The van der Waals surface area contributed by atoms with E-state index in [0.29, 0.717) is 22.6 Å². The minimum Gasteiger partial charge on any atom is -0.496 e. The lowest BCUT2D eigenvalue weighted by Crippen LogP contribution is -2.16. The van der Waals surface area contributed by atoms with E-state index in [1.165, 1.54) is 0 Å². The number of H-pyrrole nitrogens is 1. The summed E-state index contributed by atoms with van der Waals surface area (Å²) in [4.78, 5) is 14.6. The summed E-state index contributed by atoms with van der Waals surface area (Å²) in [6, 6.07) is 26.7. The van der Waals surface area contributed by atoms with E-state index in [9.17, 15) is 15.3 Å². The lowest BCUT2D eigenvalue weighted by molar-refractivity contribution is 0.297. The van der Waals surface area contributed by atoms with Gasteiger partial charge in [-0.3, -0.25) is 4.79 Å². The number of aromatic nitrogens is 1. The first-order valence-corrected chi connectivity index (χ1v) is 10.4. The van der Waals surface area contributed by atoms with Crippen LogP contribution in [0.25, 0.3) is 22.3 Å². The topological polar surface area (TPSA) is 125 Å². The van der Waals surface area contributed by atoms with Crippen LogP contribution in [-0.4, -0.2) is 12.1 Å². The van der Waals surface area contributed by atoms with Crippen LogP contribution in [0, 0.1) is 22.7 Å². The standard InChI is InChI=1S/C27H20N4O3/c1-33-24-12-9-19(25-22(14-28)26(30)31-27(32)23(25)15-29)13-20(24)16-34-21-10-7-18(8-11-21)17-5-3-2-4-6-17/h2-13H,16H2,1H3,(H3,30,31,32). The third-order valence-corrected chi connectivity index (χ3v) is 5.39. The first kappa shape index (κ1) is 22.2. The number of methoxy groups -OCH3 is 1. The summed E-state index contributed by atoms with van der Waals surface area (Å²) >= 11 is 0. The Morgan fingerprint density at radius 3 is 2.18 bits per heavy atom. The Morgan fingerprint density at radius 2 is 1.53 bits per heavy atom. The van der Waals surface area contributed by atoms with Gasteiger partial charge in [-0.1, -0.05) is 48.5 Å². The molecule has 0 atom stereocenters. The van der Waals surface area contributed by atoms with E-state index >= 15 is 0 Å². The smallest absolute Gasteiger partial charge is 0.268 e. The Bertz CT molecular complexity index is 1480. The second kappa shape index (κ2) is 9.64. The van der Waals surface area contributed by atoms with Gasteiger partial charge in [0.15, 0.2) is 0 Å². The van der Waals surface area contributed by atoms with E-state index in [2.05, 4.69) is 4.98 Å². The minimum absolute atomic E-state index is 0.0321. The fourth-order valence-corrected chi connectivity index (χ4v) is 3.71. The van der Waals surface area contributed by atoms with Crippen LogP contribution < -0.4 is 20.8 Å². The van der Waals surface area contributed by atoms with Gasteiger partial charge in [-0.2, -0.15) is 10.5 Å². The normalized spacial score (nSPS) is 10.2. The quantitative estimate of drug-likeness (QED) is 0.443. The maximum atomic E-state index is 12.3. The number of anilines is 1. The molecule has 1 aromatic heterocycles. The number of ether oxygens (including phenoxy) is 2. The molecule has 4 rings (SSSR count). The van der Waals surface area contributed by atoms with Crippen molar-refractivity contribution in [2.24, 2.45) is 0 Å². The van der Waals surface area contributed by atoms with Gasteiger partial charge in [-0.15, -0.1) is 0 Å². The third-order valence-electron chi connectivity index (χ3n) is 5.39. The molecular formula is C27H20N4O3. The molecule has 0 saturated carbocycles. The zero-order valence-corrected chi connectivity index (χ0v) is 18.3. The van der Waals surface area contributed by atoms with Crippen LogP contribution in [0.1, 0.15) is 16.7 Å². The van der Waals surface area contributed by atoms with Crippen LogP contribution in [0.4, 0.5) is 5.82 Å². The zero-order chi connectivity index (χ0) is 24.1. The first-order valence-electron chi connectivity index (χ1n) is 10.4. The van der Waals surface area contributed by atoms with Gasteiger partial charge in [0.05, 0.1) is 7.11 Å². The van der Waals surface area contributed by atoms with Gasteiger partial charge >= 0.3 is 0 Å². The molecule has 166 valence electrons. The number of nitriles is 2. The molecule has 0 aliphatic heterocycles. The number of benzene rings is 3. The van der Waals surface area contributed by atoms with Crippen LogP contribution in [0.2, 0.25) is 0 Å². The van der Waals surface area contributed by atoms with Gasteiger partial charge in [-0.05, 0) is 41.0 Å². The third kappa shape index (κ3) is 4.32. The molecule has 3 N–H and O–H groups in total. The average molecular weight is 448 g/mol. The molecule has 0 spiro atoms. The van der Waals surface area contributed by atoms with E-state index in [4.69, 9.17) is 15.2 Å². The van der Waals surface area contributed by atoms with Gasteiger partial charge in [0.25, 0.3) is 5.56 Å². The molecule has 7 nitrogen and oxygen atoms in total. The van der Waals surface area contributed by atoms with Gasteiger partial charge in [-0.25, -0.2) is 0 Å². The van der Waals surface area contributed by atoms with Crippen molar-refractivity contribution in [1.82, 2.24) is 4.98 Å². The molecule has 0 unspecified atom stereocenters. The van der Waals surface area contributed by atoms with E-state index in [0.717, 1.165) is 11.1 Å². The Balaban J connectivity index is 1.66. The fourth-order valence-electron chi connectivity index (χ4n) is 3.71. The lowest BCUT2D eigenvalue weighted by Gasteiger charge is -2.14. The number of hydrogen-bond acceptors (Lipinski definition) is 6. The summed E-state index contributed by atoms with van der Waals surface area (Å²) < 4.78 is 11.4. The predicted octanol–water partition coefficient (Wildman–Crippen LogP) is 4.62. The lowest BCUT2D eigenvalue weighted by atomic mass is 9.95. The number of rotatable bonds is 6. The molecule has 0 radical (unpaired) electrons. The maximum Gasteiger partial charge on any atom is 0.268 e. The Hall–Kier alpha value is -5.01. The summed E-state index contributed by atoms with van der Waals surface area (Å²) in [7, 11) is 1.54. The number of pyridine rings is 1. The number of aromatic amines is 1. The van der Waals surface area contributed by atoms with Crippen molar-refractivity contribution in [2.75, 3.05) is 12.8 Å². The SMILES string of the molecule is COc1ccc(-c2c(C#N)c(N)[nH]c(=O)c2C#N)cc1COc1ccc(-c2ccccc2)cc1. The second-order valence-corrected chi connectivity index (χ2v) is 7.42. The van der Waals surface area contributed by atoms with Gasteiger partial charge in [0.2, 0.25) is 0 Å².